The number of benzene rings is 1. The third-order valence-corrected chi connectivity index (χ3v) is 2.73. The van der Waals surface area contributed by atoms with Crippen LogP contribution in [0.2, 0.25) is 0 Å². The van der Waals surface area contributed by atoms with Crippen LogP contribution in [-0.4, -0.2) is 16.3 Å². The first kappa shape index (κ1) is 14.4. The topological polar surface area (TPSA) is 49.9 Å². The third kappa shape index (κ3) is 3.99. The highest BCUT2D eigenvalue weighted by atomic mass is 19.4. The van der Waals surface area contributed by atoms with Gasteiger partial charge in [0, 0.05) is 24.5 Å². The van der Waals surface area contributed by atoms with Crippen LogP contribution in [0, 0.1) is 0 Å². The summed E-state index contributed by atoms with van der Waals surface area (Å²) in [5.41, 5.74) is 0.434. The molecule has 0 aliphatic rings. The fraction of sp³-hybridized carbons (Fsp3) is 0.308. The smallest absolute Gasteiger partial charge is 0.405 e. The Morgan fingerprint density at radius 1 is 1.35 bits per heavy atom. The van der Waals surface area contributed by atoms with Gasteiger partial charge in [0.1, 0.15) is 11.6 Å². The molecule has 1 atom stereocenters. The molecule has 1 aromatic carbocycles. The van der Waals surface area contributed by atoms with E-state index in [0.29, 0.717) is 5.56 Å². The van der Waals surface area contributed by atoms with Crippen molar-refractivity contribution in [2.24, 2.45) is 0 Å². The molecule has 0 aliphatic heterocycles. The summed E-state index contributed by atoms with van der Waals surface area (Å²) in [6, 6.07) is 5.94. The molecule has 0 radical (unpaired) electrons. The quantitative estimate of drug-likeness (QED) is 0.887. The van der Waals surface area contributed by atoms with Gasteiger partial charge in [-0.3, -0.25) is 0 Å². The van der Waals surface area contributed by atoms with Crippen LogP contribution in [0.5, 0.6) is 5.75 Å². The van der Waals surface area contributed by atoms with Crippen molar-refractivity contribution in [2.45, 2.75) is 25.9 Å². The van der Waals surface area contributed by atoms with E-state index in [1.807, 2.05) is 6.92 Å². The van der Waals surface area contributed by atoms with Crippen molar-refractivity contribution in [3.8, 4) is 5.75 Å². The number of rotatable bonds is 5. The molecule has 0 fully saturated rings. The lowest BCUT2D eigenvalue weighted by atomic mass is 10.2. The molecule has 4 nitrogen and oxygen atoms in total. The van der Waals surface area contributed by atoms with E-state index in [1.54, 1.807) is 24.5 Å². The number of aromatic nitrogens is 2. The predicted molar refractivity (Wildman–Crippen MR) is 67.0 cm³/mol. The largest absolute Gasteiger partial charge is 0.573 e. The molecule has 1 aromatic heterocycles. The molecule has 7 heteroatoms. The first-order chi connectivity index (χ1) is 9.46. The van der Waals surface area contributed by atoms with Crippen molar-refractivity contribution in [3.63, 3.8) is 0 Å². The molecule has 0 saturated heterocycles. The summed E-state index contributed by atoms with van der Waals surface area (Å²) in [5, 5.41) is 3.09. The van der Waals surface area contributed by atoms with Crippen LogP contribution >= 0.6 is 0 Å². The molecule has 0 aliphatic carbocycles. The second-order valence-corrected chi connectivity index (χ2v) is 4.23. The lowest BCUT2D eigenvalue weighted by Gasteiger charge is -2.15. The van der Waals surface area contributed by atoms with Gasteiger partial charge in [-0.1, -0.05) is 18.2 Å². The summed E-state index contributed by atoms with van der Waals surface area (Å²) in [6.45, 7) is 2.11. The summed E-state index contributed by atoms with van der Waals surface area (Å²) >= 11 is 0. The van der Waals surface area contributed by atoms with Gasteiger partial charge in [0.15, 0.2) is 0 Å². The Labute approximate surface area is 114 Å². The van der Waals surface area contributed by atoms with Crippen LogP contribution in [0.1, 0.15) is 24.4 Å². The molecule has 2 N–H and O–H groups in total. The van der Waals surface area contributed by atoms with Crippen molar-refractivity contribution in [3.05, 3.63) is 48.0 Å². The molecule has 0 amide bonds. The van der Waals surface area contributed by atoms with Gasteiger partial charge in [-0.25, -0.2) is 4.98 Å². The van der Waals surface area contributed by atoms with Gasteiger partial charge in [-0.2, -0.15) is 0 Å². The van der Waals surface area contributed by atoms with Gasteiger partial charge < -0.3 is 15.0 Å². The van der Waals surface area contributed by atoms with E-state index in [9.17, 15) is 13.2 Å². The van der Waals surface area contributed by atoms with Crippen LogP contribution < -0.4 is 10.1 Å². The Kier molecular flexibility index (Phi) is 4.29. The summed E-state index contributed by atoms with van der Waals surface area (Å²) in [6.07, 6.45) is -1.38. The number of imidazole rings is 1. The molecule has 0 bridgehead atoms. The van der Waals surface area contributed by atoms with Crippen molar-refractivity contribution in [1.82, 2.24) is 15.3 Å². The summed E-state index contributed by atoms with van der Waals surface area (Å²) < 4.78 is 40.8. The maximum Gasteiger partial charge on any atom is 0.573 e. The number of ether oxygens (including phenoxy) is 1. The highest BCUT2D eigenvalue weighted by Crippen LogP contribution is 2.26. The summed E-state index contributed by atoms with van der Waals surface area (Å²) in [7, 11) is 0. The first-order valence-corrected chi connectivity index (χ1v) is 6.02. The molecule has 20 heavy (non-hydrogen) atoms. The maximum absolute atomic E-state index is 12.3. The second kappa shape index (κ2) is 5.96. The van der Waals surface area contributed by atoms with Crippen molar-refractivity contribution in [2.75, 3.05) is 0 Å². The van der Waals surface area contributed by atoms with Crippen LogP contribution in [0.4, 0.5) is 13.2 Å². The van der Waals surface area contributed by atoms with E-state index in [-0.39, 0.29) is 18.3 Å². The highest BCUT2D eigenvalue weighted by Gasteiger charge is 2.31. The maximum atomic E-state index is 12.3. The Morgan fingerprint density at radius 2 is 2.10 bits per heavy atom. The Bertz CT molecular complexity index is 540. The SMILES string of the molecule is CC(NCc1ccccc1OC(F)(F)F)c1ncc[nH]1. The van der Waals surface area contributed by atoms with Crippen LogP contribution in [0.25, 0.3) is 0 Å². The lowest BCUT2D eigenvalue weighted by Crippen LogP contribution is -2.22. The van der Waals surface area contributed by atoms with Crippen LogP contribution in [0.15, 0.2) is 36.7 Å². The van der Waals surface area contributed by atoms with Crippen molar-refractivity contribution >= 4 is 0 Å². The molecule has 108 valence electrons. The van der Waals surface area contributed by atoms with Gasteiger partial charge in [0.05, 0.1) is 6.04 Å². The number of hydrogen-bond acceptors (Lipinski definition) is 3. The average Bonchev–Trinajstić information content (AvgIpc) is 2.89. The van der Waals surface area contributed by atoms with Gasteiger partial charge in [0.2, 0.25) is 0 Å². The highest BCUT2D eigenvalue weighted by molar-refractivity contribution is 5.33. The summed E-state index contributed by atoms with van der Waals surface area (Å²) in [4.78, 5) is 7.02. The Balaban J connectivity index is 2.02. The zero-order chi connectivity index (χ0) is 14.6. The number of nitrogens with one attached hydrogen (secondary N) is 2. The van der Waals surface area contributed by atoms with Gasteiger partial charge in [0.25, 0.3) is 0 Å². The first-order valence-electron chi connectivity index (χ1n) is 6.02. The fourth-order valence-electron chi connectivity index (χ4n) is 1.75. The molecular weight excluding hydrogens is 271 g/mol. The minimum atomic E-state index is -4.69. The zero-order valence-electron chi connectivity index (χ0n) is 10.7. The molecule has 1 unspecified atom stereocenters. The normalized spacial score (nSPS) is 13.2. The van der Waals surface area contributed by atoms with E-state index in [1.165, 1.54) is 12.1 Å². The van der Waals surface area contributed by atoms with Crippen molar-refractivity contribution in [1.29, 1.82) is 0 Å². The monoisotopic (exact) mass is 285 g/mol. The standard InChI is InChI=1S/C13H14F3N3O/c1-9(12-17-6-7-18-12)19-8-10-4-2-3-5-11(10)20-13(14,15)16/h2-7,9,19H,8H2,1H3,(H,17,18). The molecule has 0 saturated carbocycles. The van der Waals surface area contributed by atoms with E-state index < -0.39 is 6.36 Å². The third-order valence-electron chi connectivity index (χ3n) is 2.73. The molecule has 0 spiro atoms. The van der Waals surface area contributed by atoms with Crippen molar-refractivity contribution < 1.29 is 17.9 Å². The molecular formula is C13H14F3N3O. The predicted octanol–water partition coefficient (Wildman–Crippen LogP) is 3.16. The fourth-order valence-corrected chi connectivity index (χ4v) is 1.75. The van der Waals surface area contributed by atoms with Crippen LogP contribution in [0.3, 0.4) is 0 Å². The second-order valence-electron chi connectivity index (χ2n) is 4.23. The molecule has 2 aromatic rings. The Morgan fingerprint density at radius 3 is 2.75 bits per heavy atom. The number of nitrogens with zero attached hydrogens (tertiary/aromatic N) is 1. The average molecular weight is 285 g/mol. The number of para-hydroxylation sites is 1. The van der Waals surface area contributed by atoms with Crippen LogP contribution in [-0.2, 0) is 6.54 Å². The minimum Gasteiger partial charge on any atom is -0.405 e. The minimum absolute atomic E-state index is 0.107. The lowest BCUT2D eigenvalue weighted by molar-refractivity contribution is -0.274. The summed E-state index contributed by atoms with van der Waals surface area (Å²) in [5.74, 6) is 0.526. The number of aromatic amines is 1. The van der Waals surface area contributed by atoms with E-state index in [0.717, 1.165) is 5.82 Å². The van der Waals surface area contributed by atoms with Gasteiger partial charge in [-0.15, -0.1) is 13.2 Å². The van der Waals surface area contributed by atoms with Gasteiger partial charge >= 0.3 is 6.36 Å². The molecule has 2 rings (SSSR count). The number of alkyl halides is 3. The number of hydrogen-bond donors (Lipinski definition) is 2. The number of halogens is 3. The van der Waals surface area contributed by atoms with E-state index in [4.69, 9.17) is 0 Å². The van der Waals surface area contributed by atoms with E-state index >= 15 is 0 Å². The number of H-pyrrole nitrogens is 1. The Hall–Kier alpha value is -2.02. The molecule has 1 heterocycles. The van der Waals surface area contributed by atoms with E-state index in [2.05, 4.69) is 20.0 Å². The van der Waals surface area contributed by atoms with Gasteiger partial charge in [-0.05, 0) is 13.0 Å². The zero-order valence-corrected chi connectivity index (χ0v) is 10.7.